The summed E-state index contributed by atoms with van der Waals surface area (Å²) in [6.07, 6.45) is 2.80. The summed E-state index contributed by atoms with van der Waals surface area (Å²) in [5.74, 6) is 0. The third kappa shape index (κ3) is 3.87. The average Bonchev–Trinajstić information content (AvgIpc) is 2.97. The highest BCUT2D eigenvalue weighted by Crippen LogP contribution is 2.22. The molecule has 0 bridgehead atoms. The van der Waals surface area contributed by atoms with Crippen LogP contribution < -0.4 is 10.6 Å². The fraction of sp³-hybridized carbons (Fsp3) is 0.222. The van der Waals surface area contributed by atoms with Gasteiger partial charge in [0.2, 0.25) is 0 Å². The summed E-state index contributed by atoms with van der Waals surface area (Å²) in [7, 11) is 0. The molecule has 3 rings (SSSR count). The fourth-order valence-electron chi connectivity index (χ4n) is 2.56. The Bertz CT molecular complexity index is 804. The highest BCUT2D eigenvalue weighted by molar-refractivity contribution is 7.80. The molecule has 0 atom stereocenters. The van der Waals surface area contributed by atoms with E-state index in [-0.39, 0.29) is 0 Å². The molecule has 0 unspecified atom stereocenters. The predicted octanol–water partition coefficient (Wildman–Crippen LogP) is 3.72. The molecule has 0 spiro atoms. The van der Waals surface area contributed by atoms with Crippen LogP contribution >= 0.6 is 12.2 Å². The number of nitrogens with one attached hydrogen (secondary N) is 2. The lowest BCUT2D eigenvalue weighted by Crippen LogP contribution is -2.30. The first-order chi connectivity index (χ1) is 11.2. The Hall–Kier alpha value is -2.40. The largest absolute Gasteiger partial charge is 0.362 e. The molecule has 0 radical (unpaired) electrons. The second-order valence-electron chi connectivity index (χ2n) is 5.46. The second-order valence-corrected chi connectivity index (χ2v) is 5.87. The van der Waals surface area contributed by atoms with Gasteiger partial charge in [0.05, 0.1) is 0 Å². The molecule has 1 heterocycles. The van der Waals surface area contributed by atoms with Gasteiger partial charge in [-0.1, -0.05) is 36.4 Å². The topological polar surface area (TPSA) is 41.9 Å². The van der Waals surface area contributed by atoms with E-state index in [2.05, 4.69) is 40.9 Å². The Morgan fingerprint density at radius 1 is 1.13 bits per heavy atom. The van der Waals surface area contributed by atoms with Gasteiger partial charge in [0.15, 0.2) is 5.11 Å². The standard InChI is InChI=1S/C18H20N4S/c1-14-10-12-20-22(14)13-5-11-19-18(23)21-17-9-4-7-15-6-2-3-8-16(15)17/h2-4,6-10,12H,5,11,13H2,1H3,(H2,19,21,23). The van der Waals surface area contributed by atoms with Crippen molar-refractivity contribution in [2.45, 2.75) is 19.9 Å². The van der Waals surface area contributed by atoms with Crippen LogP contribution in [0.3, 0.4) is 0 Å². The Labute approximate surface area is 141 Å². The zero-order chi connectivity index (χ0) is 16.1. The summed E-state index contributed by atoms with van der Waals surface area (Å²) >= 11 is 5.39. The third-order valence-corrected chi connectivity index (χ3v) is 4.05. The Morgan fingerprint density at radius 3 is 2.78 bits per heavy atom. The highest BCUT2D eigenvalue weighted by Gasteiger charge is 2.02. The number of thiocarbonyl (C=S) groups is 1. The van der Waals surface area contributed by atoms with E-state index in [4.69, 9.17) is 12.2 Å². The van der Waals surface area contributed by atoms with Crippen molar-refractivity contribution in [3.8, 4) is 0 Å². The minimum absolute atomic E-state index is 0.651. The van der Waals surface area contributed by atoms with Crippen molar-refractivity contribution in [3.63, 3.8) is 0 Å². The molecule has 118 valence electrons. The molecule has 0 fully saturated rings. The summed E-state index contributed by atoms with van der Waals surface area (Å²) in [4.78, 5) is 0. The molecule has 0 amide bonds. The van der Waals surface area contributed by atoms with E-state index in [1.807, 2.05) is 41.2 Å². The number of hydrogen-bond donors (Lipinski definition) is 2. The molecular formula is C18H20N4S. The second kappa shape index (κ2) is 7.24. The van der Waals surface area contributed by atoms with Crippen molar-refractivity contribution in [1.29, 1.82) is 0 Å². The van der Waals surface area contributed by atoms with Crippen LogP contribution in [0.25, 0.3) is 10.8 Å². The molecule has 0 aliphatic heterocycles. The van der Waals surface area contributed by atoms with Gasteiger partial charge in [0.1, 0.15) is 0 Å². The maximum Gasteiger partial charge on any atom is 0.170 e. The maximum absolute atomic E-state index is 5.39. The van der Waals surface area contributed by atoms with Gasteiger partial charge in [0.25, 0.3) is 0 Å². The quantitative estimate of drug-likeness (QED) is 0.554. The van der Waals surface area contributed by atoms with E-state index in [1.165, 1.54) is 16.5 Å². The number of fused-ring (bicyclic) bond motifs is 1. The average molecular weight is 324 g/mol. The van der Waals surface area contributed by atoms with Crippen molar-refractivity contribution < 1.29 is 0 Å². The summed E-state index contributed by atoms with van der Waals surface area (Å²) < 4.78 is 2.00. The van der Waals surface area contributed by atoms with Crippen molar-refractivity contribution in [2.24, 2.45) is 0 Å². The normalized spacial score (nSPS) is 10.7. The summed E-state index contributed by atoms with van der Waals surface area (Å²) in [6, 6.07) is 16.5. The molecule has 0 saturated heterocycles. The van der Waals surface area contributed by atoms with Crippen molar-refractivity contribution in [3.05, 3.63) is 60.4 Å². The van der Waals surface area contributed by atoms with Gasteiger partial charge in [-0.2, -0.15) is 5.10 Å². The first-order valence-electron chi connectivity index (χ1n) is 7.75. The van der Waals surface area contributed by atoms with Crippen LogP contribution in [-0.2, 0) is 6.54 Å². The van der Waals surface area contributed by atoms with Crippen LogP contribution in [0.2, 0.25) is 0 Å². The van der Waals surface area contributed by atoms with Gasteiger partial charge < -0.3 is 10.6 Å². The summed E-state index contributed by atoms with van der Waals surface area (Å²) in [6.45, 7) is 3.77. The molecule has 1 aromatic heterocycles. The predicted molar refractivity (Wildman–Crippen MR) is 99.8 cm³/mol. The van der Waals surface area contributed by atoms with Crippen LogP contribution in [-0.4, -0.2) is 21.4 Å². The molecular weight excluding hydrogens is 304 g/mol. The lowest BCUT2D eigenvalue weighted by Gasteiger charge is -2.13. The van der Waals surface area contributed by atoms with Crippen LogP contribution in [0.1, 0.15) is 12.1 Å². The summed E-state index contributed by atoms with van der Waals surface area (Å²) in [5, 5.41) is 13.8. The molecule has 0 saturated carbocycles. The van der Waals surface area contributed by atoms with Gasteiger partial charge in [-0.3, -0.25) is 4.68 Å². The number of hydrogen-bond acceptors (Lipinski definition) is 2. The minimum atomic E-state index is 0.651. The number of anilines is 1. The number of rotatable bonds is 5. The Kier molecular flexibility index (Phi) is 4.88. The van der Waals surface area contributed by atoms with Crippen molar-refractivity contribution in [2.75, 3.05) is 11.9 Å². The van der Waals surface area contributed by atoms with Crippen molar-refractivity contribution in [1.82, 2.24) is 15.1 Å². The van der Waals surface area contributed by atoms with E-state index in [0.717, 1.165) is 25.2 Å². The van der Waals surface area contributed by atoms with Gasteiger partial charge in [-0.25, -0.2) is 0 Å². The van der Waals surface area contributed by atoms with Gasteiger partial charge >= 0.3 is 0 Å². The molecule has 3 aromatic rings. The molecule has 0 aliphatic carbocycles. The minimum Gasteiger partial charge on any atom is -0.362 e. The molecule has 4 nitrogen and oxygen atoms in total. The van der Waals surface area contributed by atoms with Crippen LogP contribution in [0.15, 0.2) is 54.7 Å². The van der Waals surface area contributed by atoms with E-state index in [0.29, 0.717) is 5.11 Å². The first-order valence-corrected chi connectivity index (χ1v) is 8.16. The maximum atomic E-state index is 5.39. The lowest BCUT2D eigenvalue weighted by atomic mass is 10.1. The van der Waals surface area contributed by atoms with Crippen molar-refractivity contribution >= 4 is 33.8 Å². The van der Waals surface area contributed by atoms with Gasteiger partial charge in [0, 0.05) is 36.1 Å². The smallest absolute Gasteiger partial charge is 0.170 e. The highest BCUT2D eigenvalue weighted by atomic mass is 32.1. The molecule has 2 N–H and O–H groups in total. The molecule has 23 heavy (non-hydrogen) atoms. The zero-order valence-electron chi connectivity index (χ0n) is 13.1. The number of nitrogens with zero attached hydrogens (tertiary/aromatic N) is 2. The Morgan fingerprint density at radius 2 is 1.96 bits per heavy atom. The molecule has 5 heteroatoms. The number of aromatic nitrogens is 2. The van der Waals surface area contributed by atoms with Crippen LogP contribution in [0, 0.1) is 6.92 Å². The third-order valence-electron chi connectivity index (χ3n) is 3.80. The SMILES string of the molecule is Cc1ccnn1CCCNC(=S)Nc1cccc2ccccc12. The first kappa shape index (κ1) is 15.5. The lowest BCUT2D eigenvalue weighted by molar-refractivity contribution is 0.561. The zero-order valence-corrected chi connectivity index (χ0v) is 13.9. The molecule has 2 aromatic carbocycles. The number of aryl methyl sites for hydroxylation is 2. The Balaban J connectivity index is 1.52. The molecule has 0 aliphatic rings. The fourth-order valence-corrected chi connectivity index (χ4v) is 2.78. The monoisotopic (exact) mass is 324 g/mol. The van der Waals surface area contributed by atoms with Gasteiger partial charge in [-0.15, -0.1) is 0 Å². The van der Waals surface area contributed by atoms with Crippen LogP contribution in [0.4, 0.5) is 5.69 Å². The number of benzene rings is 2. The van der Waals surface area contributed by atoms with E-state index in [1.54, 1.807) is 0 Å². The van der Waals surface area contributed by atoms with Crippen LogP contribution in [0.5, 0.6) is 0 Å². The van der Waals surface area contributed by atoms with E-state index < -0.39 is 0 Å². The van der Waals surface area contributed by atoms with Gasteiger partial charge in [-0.05, 0) is 43.1 Å². The van der Waals surface area contributed by atoms with E-state index >= 15 is 0 Å². The summed E-state index contributed by atoms with van der Waals surface area (Å²) in [5.41, 5.74) is 2.21. The van der Waals surface area contributed by atoms with E-state index in [9.17, 15) is 0 Å².